The standard InChI is InChI=1S/C40H43N5O8/c1-43(2)28-16-27(42-39(52)24-18-45(19-24)17-20-10-12-22(13-11-20)21-8-6-5-7-9-21)33(46)30-25(28)14-23-15-26-32(44(3)4)35(48)31(38(41)51)37(50)40(26,53)36(49)29(23)34(30)47/h5-13,16,23-24,26,32,46,48-49,53H,14-15,17-19H2,1-4H3,(H2,41,51)(H,42,52)/t23-,26-,32-,40-/m0/s1. The first kappa shape index (κ1) is 35.9. The molecule has 13 nitrogen and oxygen atoms in total. The van der Waals surface area contributed by atoms with Crippen LogP contribution in [0.15, 0.2) is 83.3 Å². The topological polar surface area (TPSA) is 197 Å². The van der Waals surface area contributed by atoms with E-state index in [2.05, 4.69) is 46.6 Å². The van der Waals surface area contributed by atoms with Gasteiger partial charge in [-0.1, -0.05) is 54.6 Å². The number of hydrogen-bond acceptors (Lipinski definition) is 11. The lowest BCUT2D eigenvalue weighted by molar-refractivity contribution is -0.148. The molecule has 1 fully saturated rings. The summed E-state index contributed by atoms with van der Waals surface area (Å²) in [6, 6.07) is 18.9. The van der Waals surface area contributed by atoms with E-state index in [9.17, 15) is 39.6 Å². The van der Waals surface area contributed by atoms with Crippen molar-refractivity contribution in [2.75, 3.05) is 51.5 Å². The second-order valence-electron chi connectivity index (χ2n) is 14.9. The number of primary amides is 1. The van der Waals surface area contributed by atoms with Crippen molar-refractivity contribution in [3.05, 3.63) is 100 Å². The van der Waals surface area contributed by atoms with Gasteiger partial charge in [-0.2, -0.15) is 0 Å². The van der Waals surface area contributed by atoms with Gasteiger partial charge in [0.25, 0.3) is 5.91 Å². The first-order valence-electron chi connectivity index (χ1n) is 17.5. The molecular formula is C40H43N5O8. The van der Waals surface area contributed by atoms with Crippen LogP contribution in [0.3, 0.4) is 0 Å². The third-order valence-corrected chi connectivity index (χ3v) is 11.2. The normalized spacial score (nSPS) is 24.4. The number of ketones is 2. The van der Waals surface area contributed by atoms with Gasteiger partial charge in [0.05, 0.1) is 23.2 Å². The maximum atomic E-state index is 14.3. The molecule has 7 N–H and O–H groups in total. The summed E-state index contributed by atoms with van der Waals surface area (Å²) < 4.78 is 0. The molecule has 53 heavy (non-hydrogen) atoms. The summed E-state index contributed by atoms with van der Waals surface area (Å²) in [7, 11) is 6.68. The maximum absolute atomic E-state index is 14.3. The molecule has 0 saturated carbocycles. The van der Waals surface area contributed by atoms with Crippen LogP contribution in [0.1, 0.15) is 27.9 Å². The van der Waals surface area contributed by atoms with Crippen LogP contribution in [0.4, 0.5) is 11.4 Å². The average molecular weight is 722 g/mol. The zero-order chi connectivity index (χ0) is 38.1. The van der Waals surface area contributed by atoms with E-state index in [0.29, 0.717) is 30.9 Å². The minimum Gasteiger partial charge on any atom is -0.510 e. The van der Waals surface area contributed by atoms with Crippen LogP contribution in [0, 0.1) is 17.8 Å². The number of nitrogens with zero attached hydrogens (tertiary/aromatic N) is 3. The Kier molecular flexibility index (Phi) is 8.92. The number of aliphatic hydroxyl groups is 3. The summed E-state index contributed by atoms with van der Waals surface area (Å²) in [5.41, 5.74) is 5.81. The number of allylic oxidation sites excluding steroid dienone is 1. The van der Waals surface area contributed by atoms with Crippen molar-refractivity contribution in [3.63, 3.8) is 0 Å². The number of fused-ring (bicyclic) bond motifs is 3. The Morgan fingerprint density at radius 3 is 2.21 bits per heavy atom. The van der Waals surface area contributed by atoms with Gasteiger partial charge in [0.1, 0.15) is 17.1 Å². The highest BCUT2D eigenvalue weighted by atomic mass is 16.3. The molecule has 276 valence electrons. The van der Waals surface area contributed by atoms with Gasteiger partial charge in [0.2, 0.25) is 11.7 Å². The van der Waals surface area contributed by atoms with Crippen LogP contribution in [-0.2, 0) is 27.3 Å². The molecule has 1 heterocycles. The number of nitrogens with two attached hydrogens (primary N) is 1. The van der Waals surface area contributed by atoms with Crippen LogP contribution < -0.4 is 16.0 Å². The number of Topliss-reactive ketones (excluding diaryl/α,β-unsaturated/α-hetero) is 2. The molecule has 1 aliphatic heterocycles. The number of aliphatic hydroxyl groups excluding tert-OH is 2. The number of rotatable bonds is 8. The molecule has 4 aliphatic rings. The Hall–Kier alpha value is -5.50. The molecule has 0 unspecified atom stereocenters. The molecule has 0 spiro atoms. The quantitative estimate of drug-likeness (QED) is 0.148. The van der Waals surface area contributed by atoms with Gasteiger partial charge in [-0.25, -0.2) is 0 Å². The molecular weight excluding hydrogens is 678 g/mol. The molecule has 0 bridgehead atoms. The lowest BCUT2D eigenvalue weighted by Gasteiger charge is -2.50. The monoisotopic (exact) mass is 721 g/mol. The van der Waals surface area contributed by atoms with Crippen LogP contribution in [0.25, 0.3) is 11.1 Å². The Bertz CT molecular complexity index is 2100. The van der Waals surface area contributed by atoms with Crippen molar-refractivity contribution in [1.82, 2.24) is 9.80 Å². The molecule has 7 rings (SSSR count). The highest BCUT2D eigenvalue weighted by molar-refractivity contribution is 6.25. The Morgan fingerprint density at radius 2 is 1.60 bits per heavy atom. The van der Waals surface area contributed by atoms with Crippen molar-refractivity contribution < 1.29 is 39.6 Å². The molecule has 0 aromatic heterocycles. The minimum absolute atomic E-state index is 0.0111. The molecule has 3 aromatic carbocycles. The van der Waals surface area contributed by atoms with Gasteiger partial charge in [-0.05, 0) is 61.2 Å². The van der Waals surface area contributed by atoms with E-state index in [-0.39, 0.29) is 41.5 Å². The molecule has 2 amide bonds. The number of carbonyl (C=O) groups excluding carboxylic acids is 4. The minimum atomic E-state index is -2.74. The zero-order valence-corrected chi connectivity index (χ0v) is 30.0. The van der Waals surface area contributed by atoms with Crippen molar-refractivity contribution in [2.45, 2.75) is 31.0 Å². The number of hydrogen-bond donors (Lipinski definition) is 6. The van der Waals surface area contributed by atoms with Crippen molar-refractivity contribution >= 4 is 34.8 Å². The van der Waals surface area contributed by atoms with Crippen molar-refractivity contribution in [1.29, 1.82) is 0 Å². The Balaban J connectivity index is 1.13. The highest BCUT2D eigenvalue weighted by Gasteiger charge is 2.63. The molecule has 3 aliphatic carbocycles. The van der Waals surface area contributed by atoms with Gasteiger partial charge >= 0.3 is 0 Å². The number of likely N-dealkylation sites (N-methyl/N-ethyl adjacent to an activating group) is 1. The predicted molar refractivity (Wildman–Crippen MR) is 197 cm³/mol. The van der Waals surface area contributed by atoms with E-state index < -0.39 is 63.8 Å². The third-order valence-electron chi connectivity index (χ3n) is 11.2. The Labute approximate surface area is 306 Å². The van der Waals surface area contributed by atoms with E-state index in [1.165, 1.54) is 4.90 Å². The van der Waals surface area contributed by atoms with E-state index in [1.54, 1.807) is 39.2 Å². The number of amides is 2. The predicted octanol–water partition coefficient (Wildman–Crippen LogP) is 2.92. The fraction of sp³-hybridized carbons (Fsp3) is 0.350. The van der Waals surface area contributed by atoms with Gasteiger partial charge in [-0.3, -0.25) is 29.0 Å². The summed E-state index contributed by atoms with van der Waals surface area (Å²) in [5.74, 6) is -8.00. The molecule has 0 radical (unpaired) electrons. The smallest absolute Gasteiger partial charge is 0.255 e. The summed E-state index contributed by atoms with van der Waals surface area (Å²) >= 11 is 0. The first-order valence-corrected chi connectivity index (χ1v) is 17.5. The van der Waals surface area contributed by atoms with Gasteiger partial charge in [0, 0.05) is 50.9 Å². The number of aromatic hydroxyl groups is 1. The van der Waals surface area contributed by atoms with Crippen molar-refractivity contribution in [2.24, 2.45) is 23.5 Å². The highest BCUT2D eigenvalue weighted by Crippen LogP contribution is 2.54. The Morgan fingerprint density at radius 1 is 0.962 bits per heavy atom. The zero-order valence-electron chi connectivity index (χ0n) is 30.0. The molecule has 13 heteroatoms. The average Bonchev–Trinajstić information content (AvgIpc) is 3.09. The van der Waals surface area contributed by atoms with Gasteiger partial charge < -0.3 is 36.4 Å². The first-order chi connectivity index (χ1) is 25.1. The lowest BCUT2D eigenvalue weighted by atomic mass is 9.58. The number of phenolic OH excluding ortho intramolecular Hbond substituents is 1. The number of phenols is 1. The van der Waals surface area contributed by atoms with Gasteiger partial charge in [-0.15, -0.1) is 0 Å². The van der Waals surface area contributed by atoms with Crippen LogP contribution in [0.2, 0.25) is 0 Å². The molecule has 1 saturated heterocycles. The number of nitrogens with one attached hydrogen (secondary N) is 1. The SMILES string of the molecule is CN(C)c1cc(NC(=O)C2CN(Cc3ccc(-c4ccccc4)cc3)C2)c(O)c2c1C[C@H]1C[C@H]3[C@H](N(C)C)C(O)=C(C(N)=O)C(=O)[C@@]3(O)C(O)=C1C2=O. The summed E-state index contributed by atoms with van der Waals surface area (Å²) in [4.78, 5) is 59.1. The largest absolute Gasteiger partial charge is 0.510 e. The molecule has 4 atom stereocenters. The summed E-state index contributed by atoms with van der Waals surface area (Å²) in [5, 5.41) is 48.9. The second kappa shape index (κ2) is 13.2. The summed E-state index contributed by atoms with van der Waals surface area (Å²) in [6.45, 7) is 1.67. The fourth-order valence-electron chi connectivity index (χ4n) is 8.58. The number of anilines is 2. The van der Waals surface area contributed by atoms with E-state index >= 15 is 0 Å². The van der Waals surface area contributed by atoms with E-state index in [4.69, 9.17) is 5.73 Å². The maximum Gasteiger partial charge on any atom is 0.255 e. The van der Waals surface area contributed by atoms with Crippen LogP contribution in [0.5, 0.6) is 5.75 Å². The summed E-state index contributed by atoms with van der Waals surface area (Å²) in [6.07, 6.45) is 0.112. The van der Waals surface area contributed by atoms with E-state index in [1.807, 2.05) is 18.2 Å². The third kappa shape index (κ3) is 5.75. The fourth-order valence-corrected chi connectivity index (χ4v) is 8.58. The van der Waals surface area contributed by atoms with E-state index in [0.717, 1.165) is 16.7 Å². The number of benzene rings is 3. The second-order valence-corrected chi connectivity index (χ2v) is 14.9. The van der Waals surface area contributed by atoms with Crippen LogP contribution >= 0.6 is 0 Å². The van der Waals surface area contributed by atoms with Crippen LogP contribution in [-0.4, -0.2) is 107 Å². The van der Waals surface area contributed by atoms with Crippen molar-refractivity contribution in [3.8, 4) is 16.9 Å². The molecule has 3 aromatic rings. The lowest BCUT2D eigenvalue weighted by Crippen LogP contribution is -2.63. The number of carbonyl (C=O) groups is 4. The van der Waals surface area contributed by atoms with Gasteiger partial charge in [0.15, 0.2) is 17.1 Å². The number of likely N-dealkylation sites (tertiary alicyclic amines) is 1.